The van der Waals surface area contributed by atoms with Crippen LogP contribution in [0.3, 0.4) is 0 Å². The summed E-state index contributed by atoms with van der Waals surface area (Å²) in [7, 11) is 0. The van der Waals surface area contributed by atoms with Gasteiger partial charge >= 0.3 is 6.18 Å². The zero-order valence-electron chi connectivity index (χ0n) is 10.2. The summed E-state index contributed by atoms with van der Waals surface area (Å²) in [6, 6.07) is 2.47. The van der Waals surface area contributed by atoms with Gasteiger partial charge < -0.3 is 10.6 Å². The molecule has 0 radical (unpaired) electrons. The highest BCUT2D eigenvalue weighted by atomic mass is 32.1. The Morgan fingerprint density at radius 2 is 2.16 bits per heavy atom. The fourth-order valence-corrected chi connectivity index (χ4v) is 2.02. The zero-order chi connectivity index (χ0) is 14.0. The van der Waals surface area contributed by atoms with Crippen molar-refractivity contribution in [1.29, 1.82) is 0 Å². The predicted molar refractivity (Wildman–Crippen MR) is 71.0 cm³/mol. The standard InChI is InChI=1S/C12H14F3N3S/c13-12(14,15)9-2-1-6-17-11(9)18(8-3-4-8)7-5-10(16)19/h1-2,6,8H,3-5,7H2,(H2,16,19). The Balaban J connectivity index is 2.28. The third-order valence-corrected chi connectivity index (χ3v) is 3.16. The van der Waals surface area contributed by atoms with E-state index in [9.17, 15) is 13.2 Å². The van der Waals surface area contributed by atoms with Crippen molar-refractivity contribution in [1.82, 2.24) is 4.98 Å². The van der Waals surface area contributed by atoms with Crippen molar-refractivity contribution in [2.75, 3.05) is 11.4 Å². The third kappa shape index (κ3) is 3.56. The maximum atomic E-state index is 13.0. The van der Waals surface area contributed by atoms with Crippen LogP contribution in [0.1, 0.15) is 24.8 Å². The molecule has 0 atom stereocenters. The van der Waals surface area contributed by atoms with E-state index in [0.29, 0.717) is 18.0 Å². The van der Waals surface area contributed by atoms with E-state index < -0.39 is 11.7 Å². The normalized spacial score (nSPS) is 15.3. The summed E-state index contributed by atoms with van der Waals surface area (Å²) in [6.07, 6.45) is -0.878. The molecule has 2 N–H and O–H groups in total. The van der Waals surface area contributed by atoms with Crippen LogP contribution in [0, 0.1) is 0 Å². The molecule has 1 saturated carbocycles. The van der Waals surface area contributed by atoms with Crippen molar-refractivity contribution in [2.24, 2.45) is 5.73 Å². The van der Waals surface area contributed by atoms with Crippen LogP contribution in [0.5, 0.6) is 0 Å². The first-order valence-electron chi connectivity index (χ1n) is 5.96. The molecule has 104 valence electrons. The maximum absolute atomic E-state index is 13.0. The lowest BCUT2D eigenvalue weighted by Crippen LogP contribution is -2.32. The van der Waals surface area contributed by atoms with Crippen LogP contribution in [-0.2, 0) is 6.18 Å². The van der Waals surface area contributed by atoms with E-state index in [0.717, 1.165) is 18.9 Å². The van der Waals surface area contributed by atoms with Crippen LogP contribution >= 0.6 is 12.2 Å². The quantitative estimate of drug-likeness (QED) is 0.846. The smallest absolute Gasteiger partial charge is 0.393 e. The number of hydrogen-bond acceptors (Lipinski definition) is 3. The fraction of sp³-hybridized carbons (Fsp3) is 0.500. The van der Waals surface area contributed by atoms with Crippen LogP contribution < -0.4 is 10.6 Å². The van der Waals surface area contributed by atoms with Gasteiger partial charge in [0.05, 0.1) is 10.6 Å². The highest BCUT2D eigenvalue weighted by molar-refractivity contribution is 7.80. The van der Waals surface area contributed by atoms with Gasteiger partial charge in [-0.25, -0.2) is 4.98 Å². The number of thiocarbonyl (C=S) groups is 1. The number of halogens is 3. The molecule has 3 nitrogen and oxygen atoms in total. The van der Waals surface area contributed by atoms with Crippen molar-refractivity contribution in [3.63, 3.8) is 0 Å². The van der Waals surface area contributed by atoms with Gasteiger partial charge in [0.2, 0.25) is 0 Å². The van der Waals surface area contributed by atoms with Crippen molar-refractivity contribution in [3.05, 3.63) is 23.9 Å². The van der Waals surface area contributed by atoms with E-state index >= 15 is 0 Å². The van der Waals surface area contributed by atoms with Gasteiger partial charge in [0.25, 0.3) is 0 Å². The zero-order valence-corrected chi connectivity index (χ0v) is 11.0. The largest absolute Gasteiger partial charge is 0.419 e. The molecule has 1 aliphatic rings. The van der Waals surface area contributed by atoms with E-state index in [1.807, 2.05) is 0 Å². The lowest BCUT2D eigenvalue weighted by molar-refractivity contribution is -0.137. The Labute approximate surface area is 114 Å². The summed E-state index contributed by atoms with van der Waals surface area (Å²) in [5.41, 5.74) is 4.72. The summed E-state index contributed by atoms with van der Waals surface area (Å²) >= 11 is 4.79. The SMILES string of the molecule is NC(=S)CCN(c1ncccc1C(F)(F)F)C1CC1. The minimum atomic E-state index is -4.40. The van der Waals surface area contributed by atoms with Gasteiger partial charge in [0.15, 0.2) is 0 Å². The van der Waals surface area contributed by atoms with Crippen LogP contribution in [-0.4, -0.2) is 22.6 Å². The second-order valence-electron chi connectivity index (χ2n) is 4.51. The molecule has 19 heavy (non-hydrogen) atoms. The lowest BCUT2D eigenvalue weighted by Gasteiger charge is -2.26. The molecular weight excluding hydrogens is 275 g/mol. The number of nitrogens with zero attached hydrogens (tertiary/aromatic N) is 2. The van der Waals surface area contributed by atoms with Crippen LogP contribution in [0.25, 0.3) is 0 Å². The van der Waals surface area contributed by atoms with E-state index in [1.165, 1.54) is 12.3 Å². The summed E-state index contributed by atoms with van der Waals surface area (Å²) in [6.45, 7) is 0.375. The summed E-state index contributed by atoms with van der Waals surface area (Å²) in [5.74, 6) is -0.0197. The first kappa shape index (κ1) is 14.0. The molecule has 0 spiro atoms. The van der Waals surface area contributed by atoms with Crippen LogP contribution in [0.2, 0.25) is 0 Å². The number of aromatic nitrogens is 1. The van der Waals surface area contributed by atoms with Crippen molar-refractivity contribution < 1.29 is 13.2 Å². The number of pyridine rings is 1. The first-order valence-corrected chi connectivity index (χ1v) is 6.37. The fourth-order valence-electron chi connectivity index (χ4n) is 1.93. The van der Waals surface area contributed by atoms with E-state index in [4.69, 9.17) is 18.0 Å². The van der Waals surface area contributed by atoms with Gasteiger partial charge in [-0.05, 0) is 25.0 Å². The number of anilines is 1. The molecule has 0 aliphatic heterocycles. The van der Waals surface area contributed by atoms with Crippen LogP contribution in [0.4, 0.5) is 19.0 Å². The molecule has 0 unspecified atom stereocenters. The van der Waals surface area contributed by atoms with Gasteiger partial charge in [-0.2, -0.15) is 13.2 Å². The second-order valence-corrected chi connectivity index (χ2v) is 5.04. The number of alkyl halides is 3. The molecule has 0 amide bonds. The topological polar surface area (TPSA) is 42.1 Å². The molecular formula is C12H14F3N3S. The average molecular weight is 289 g/mol. The van der Waals surface area contributed by atoms with E-state index in [2.05, 4.69) is 4.98 Å². The number of rotatable bonds is 5. The van der Waals surface area contributed by atoms with Crippen LogP contribution in [0.15, 0.2) is 18.3 Å². The summed E-state index contributed by atoms with van der Waals surface area (Å²) < 4.78 is 38.9. The van der Waals surface area contributed by atoms with E-state index in [-0.39, 0.29) is 11.9 Å². The molecule has 1 aliphatic carbocycles. The minimum Gasteiger partial charge on any atom is -0.393 e. The Morgan fingerprint density at radius 1 is 1.47 bits per heavy atom. The molecule has 1 aromatic rings. The Hall–Kier alpha value is -1.37. The van der Waals surface area contributed by atoms with E-state index in [1.54, 1.807) is 4.90 Å². The summed E-state index contributed by atoms with van der Waals surface area (Å²) in [4.78, 5) is 5.88. The van der Waals surface area contributed by atoms with Crippen molar-refractivity contribution in [2.45, 2.75) is 31.5 Å². The summed E-state index contributed by atoms with van der Waals surface area (Å²) in [5, 5.41) is 0. The van der Waals surface area contributed by atoms with Gasteiger partial charge in [-0.1, -0.05) is 12.2 Å². The molecule has 0 saturated heterocycles. The molecule has 0 bridgehead atoms. The highest BCUT2D eigenvalue weighted by Crippen LogP contribution is 2.39. The Morgan fingerprint density at radius 3 is 2.68 bits per heavy atom. The monoisotopic (exact) mass is 289 g/mol. The highest BCUT2D eigenvalue weighted by Gasteiger charge is 2.39. The molecule has 1 heterocycles. The number of nitrogens with two attached hydrogens (primary N) is 1. The van der Waals surface area contributed by atoms with Gasteiger partial charge in [-0.3, -0.25) is 0 Å². The lowest BCUT2D eigenvalue weighted by atomic mass is 10.2. The predicted octanol–water partition coefficient (Wildman–Crippen LogP) is 2.75. The molecule has 2 rings (SSSR count). The Bertz CT molecular complexity index is 472. The molecule has 7 heteroatoms. The molecule has 0 aromatic carbocycles. The molecule has 1 aromatic heterocycles. The first-order chi connectivity index (χ1) is 8.89. The maximum Gasteiger partial charge on any atom is 0.419 e. The third-order valence-electron chi connectivity index (χ3n) is 2.95. The van der Waals surface area contributed by atoms with Crippen molar-refractivity contribution >= 4 is 23.0 Å². The van der Waals surface area contributed by atoms with Crippen molar-refractivity contribution in [3.8, 4) is 0 Å². The minimum absolute atomic E-state index is 0.0197. The van der Waals surface area contributed by atoms with Gasteiger partial charge in [0, 0.05) is 25.2 Å². The van der Waals surface area contributed by atoms with Gasteiger partial charge in [-0.15, -0.1) is 0 Å². The van der Waals surface area contributed by atoms with Gasteiger partial charge in [0.1, 0.15) is 5.82 Å². The Kier molecular flexibility index (Phi) is 3.93. The average Bonchev–Trinajstić information content (AvgIpc) is 3.12. The number of hydrogen-bond donors (Lipinski definition) is 1. The second kappa shape index (κ2) is 5.32. The molecule has 1 fully saturated rings.